The van der Waals surface area contributed by atoms with Crippen LogP contribution in [0.3, 0.4) is 0 Å². The van der Waals surface area contributed by atoms with E-state index in [1.54, 1.807) is 0 Å². The number of ketones is 1. The lowest BCUT2D eigenvalue weighted by atomic mass is 9.86. The summed E-state index contributed by atoms with van der Waals surface area (Å²) in [5.74, 6) is -0.336. The van der Waals surface area contributed by atoms with Crippen molar-refractivity contribution in [2.45, 2.75) is 25.6 Å². The van der Waals surface area contributed by atoms with Crippen LogP contribution in [-0.2, 0) is 13.1 Å². The lowest BCUT2D eigenvalue weighted by molar-refractivity contribution is -0.688. The molecule has 3 heterocycles. The van der Waals surface area contributed by atoms with Gasteiger partial charge < -0.3 is 9.67 Å². The van der Waals surface area contributed by atoms with Gasteiger partial charge in [0.2, 0.25) is 0 Å². The zero-order valence-electron chi connectivity index (χ0n) is 14.0. The molecule has 2 aromatic heterocycles. The van der Waals surface area contributed by atoms with E-state index in [4.69, 9.17) is 0 Å². The Morgan fingerprint density at radius 2 is 1.84 bits per heavy atom. The number of carbonyl (C=O) groups excluding carboxylic acids is 1. The Bertz CT molecular complexity index is 868. The van der Waals surface area contributed by atoms with Crippen LogP contribution in [0.25, 0.3) is 0 Å². The van der Waals surface area contributed by atoms with Crippen LogP contribution in [0.4, 0.5) is 0 Å². The van der Waals surface area contributed by atoms with Crippen molar-refractivity contribution in [3.8, 4) is 0 Å². The summed E-state index contributed by atoms with van der Waals surface area (Å²) < 4.78 is 4.03. The molecule has 2 atom stereocenters. The fourth-order valence-electron chi connectivity index (χ4n) is 3.53. The Morgan fingerprint density at radius 3 is 2.60 bits per heavy atom. The molecule has 1 aliphatic rings. The quantitative estimate of drug-likeness (QED) is 0.746. The first-order valence-electron chi connectivity index (χ1n) is 8.63. The van der Waals surface area contributed by atoms with E-state index in [1.165, 1.54) is 5.56 Å². The van der Waals surface area contributed by atoms with Crippen molar-refractivity contribution in [3.05, 3.63) is 90.0 Å². The maximum absolute atomic E-state index is 12.6. The van der Waals surface area contributed by atoms with Gasteiger partial charge >= 0.3 is 0 Å². The van der Waals surface area contributed by atoms with Crippen LogP contribution in [0.5, 0.6) is 0 Å². The van der Waals surface area contributed by atoms with Gasteiger partial charge in [0.15, 0.2) is 24.7 Å². The number of benzene rings is 1. The van der Waals surface area contributed by atoms with E-state index in [0.717, 1.165) is 18.7 Å². The summed E-state index contributed by atoms with van der Waals surface area (Å²) in [6.45, 7) is 1.56. The van der Waals surface area contributed by atoms with Crippen molar-refractivity contribution < 1.29 is 14.5 Å². The highest BCUT2D eigenvalue weighted by Crippen LogP contribution is 2.31. The van der Waals surface area contributed by atoms with Crippen LogP contribution in [0.1, 0.15) is 34.1 Å². The van der Waals surface area contributed by atoms with Crippen molar-refractivity contribution in [1.82, 2.24) is 4.57 Å². The predicted octanol–water partition coefficient (Wildman–Crippen LogP) is 2.76. The molecule has 1 N–H and O–H groups in total. The topological polar surface area (TPSA) is 46.1 Å². The molecule has 0 spiro atoms. The van der Waals surface area contributed by atoms with Gasteiger partial charge in [-0.05, 0) is 24.1 Å². The van der Waals surface area contributed by atoms with E-state index in [9.17, 15) is 9.90 Å². The van der Waals surface area contributed by atoms with Gasteiger partial charge in [0.25, 0.3) is 0 Å². The van der Waals surface area contributed by atoms with Crippen LogP contribution in [-0.4, -0.2) is 15.5 Å². The van der Waals surface area contributed by atoms with Crippen molar-refractivity contribution in [2.24, 2.45) is 5.92 Å². The third-order valence-electron chi connectivity index (χ3n) is 4.95. The summed E-state index contributed by atoms with van der Waals surface area (Å²) >= 11 is 0. The SMILES string of the molecule is O=C1c2cccn2CC[C@@H]1[C@@H](O)c1cc[n+](Cc2ccccc2)cc1. The number of rotatable bonds is 4. The molecule has 0 bridgehead atoms. The van der Waals surface area contributed by atoms with Gasteiger partial charge in [-0.15, -0.1) is 0 Å². The lowest BCUT2D eigenvalue weighted by Gasteiger charge is -2.27. The van der Waals surface area contributed by atoms with Crippen LogP contribution in [0, 0.1) is 5.92 Å². The van der Waals surface area contributed by atoms with Crippen LogP contribution in [0.2, 0.25) is 0 Å². The van der Waals surface area contributed by atoms with Gasteiger partial charge in [-0.25, -0.2) is 4.57 Å². The number of aromatic nitrogens is 2. The molecule has 25 heavy (non-hydrogen) atoms. The van der Waals surface area contributed by atoms with Crippen molar-refractivity contribution >= 4 is 5.78 Å². The van der Waals surface area contributed by atoms with Crippen LogP contribution >= 0.6 is 0 Å². The number of nitrogens with zero attached hydrogens (tertiary/aromatic N) is 2. The number of hydrogen-bond donors (Lipinski definition) is 1. The summed E-state index contributed by atoms with van der Waals surface area (Å²) in [6.07, 6.45) is 5.75. The Kier molecular flexibility index (Phi) is 4.20. The highest BCUT2D eigenvalue weighted by Gasteiger charge is 2.33. The number of carbonyl (C=O) groups is 1. The first-order valence-corrected chi connectivity index (χ1v) is 8.63. The fraction of sp³-hybridized carbons (Fsp3) is 0.238. The summed E-state index contributed by atoms with van der Waals surface area (Å²) in [7, 11) is 0. The Balaban J connectivity index is 1.49. The Labute approximate surface area is 147 Å². The molecule has 0 radical (unpaired) electrons. The summed E-state index contributed by atoms with van der Waals surface area (Å²) in [6, 6.07) is 17.8. The van der Waals surface area contributed by atoms with Crippen molar-refractivity contribution in [3.63, 3.8) is 0 Å². The number of Topliss-reactive ketones (excluding diaryl/α,β-unsaturated/α-hetero) is 1. The summed E-state index contributed by atoms with van der Waals surface area (Å²) in [5.41, 5.74) is 2.72. The third-order valence-corrected chi connectivity index (χ3v) is 4.95. The zero-order chi connectivity index (χ0) is 17.2. The Hall–Kier alpha value is -2.72. The van der Waals surface area contributed by atoms with Gasteiger partial charge in [0.1, 0.15) is 0 Å². The van der Waals surface area contributed by atoms with E-state index in [0.29, 0.717) is 12.1 Å². The lowest BCUT2D eigenvalue weighted by Crippen LogP contribution is -2.34. The number of aliphatic hydroxyl groups is 1. The molecular formula is C21H21N2O2+. The molecule has 0 aliphatic carbocycles. The van der Waals surface area contributed by atoms with Gasteiger partial charge in [0.05, 0.1) is 17.7 Å². The van der Waals surface area contributed by atoms with E-state index in [-0.39, 0.29) is 11.7 Å². The second-order valence-corrected chi connectivity index (χ2v) is 6.58. The fourth-order valence-corrected chi connectivity index (χ4v) is 3.53. The number of fused-ring (bicyclic) bond motifs is 1. The van der Waals surface area contributed by atoms with E-state index < -0.39 is 6.10 Å². The molecule has 0 amide bonds. The molecule has 0 unspecified atom stereocenters. The number of aryl methyl sites for hydroxylation is 1. The van der Waals surface area contributed by atoms with Crippen LogP contribution < -0.4 is 4.57 Å². The van der Waals surface area contributed by atoms with Gasteiger partial charge in [-0.1, -0.05) is 30.3 Å². The van der Waals surface area contributed by atoms with Gasteiger partial charge in [0, 0.05) is 30.4 Å². The number of aliphatic hydroxyl groups excluding tert-OH is 1. The molecule has 4 heteroatoms. The summed E-state index contributed by atoms with van der Waals surface area (Å²) in [4.78, 5) is 12.6. The molecule has 4 rings (SSSR count). The Morgan fingerprint density at radius 1 is 1.08 bits per heavy atom. The van der Waals surface area contributed by atoms with Gasteiger partial charge in [-0.3, -0.25) is 4.79 Å². The normalized spacial score (nSPS) is 18.0. The smallest absolute Gasteiger partial charge is 0.185 e. The van der Waals surface area contributed by atoms with E-state index >= 15 is 0 Å². The third kappa shape index (κ3) is 3.13. The van der Waals surface area contributed by atoms with E-state index in [1.807, 2.05) is 65.6 Å². The largest absolute Gasteiger partial charge is 0.388 e. The minimum atomic E-state index is -0.762. The molecule has 126 valence electrons. The molecular weight excluding hydrogens is 312 g/mol. The predicted molar refractivity (Wildman–Crippen MR) is 94.0 cm³/mol. The molecule has 0 saturated heterocycles. The molecule has 3 aromatic rings. The van der Waals surface area contributed by atoms with Crippen LogP contribution in [0.15, 0.2) is 73.2 Å². The molecule has 4 nitrogen and oxygen atoms in total. The molecule has 0 fully saturated rings. The highest BCUT2D eigenvalue weighted by atomic mass is 16.3. The summed E-state index contributed by atoms with van der Waals surface area (Å²) in [5, 5.41) is 10.7. The average molecular weight is 333 g/mol. The number of pyridine rings is 1. The second-order valence-electron chi connectivity index (χ2n) is 6.58. The second kappa shape index (κ2) is 6.65. The molecule has 1 aliphatic heterocycles. The monoisotopic (exact) mass is 333 g/mol. The molecule has 0 saturated carbocycles. The standard InChI is InChI=1S/C21H21N2O2/c24-20(18-10-14-23-11-4-7-19(23)21(18)25)17-8-12-22(13-9-17)15-16-5-2-1-3-6-16/h1-9,11-13,18,20,24H,10,14-15H2/q+1/t18-,20+/m1/s1. The minimum Gasteiger partial charge on any atom is -0.388 e. The maximum Gasteiger partial charge on any atom is 0.185 e. The number of hydrogen-bond acceptors (Lipinski definition) is 2. The maximum atomic E-state index is 12.6. The first-order chi connectivity index (χ1) is 12.2. The van der Waals surface area contributed by atoms with Crippen molar-refractivity contribution in [1.29, 1.82) is 0 Å². The average Bonchev–Trinajstić information content (AvgIpc) is 3.13. The highest BCUT2D eigenvalue weighted by molar-refractivity contribution is 5.97. The zero-order valence-corrected chi connectivity index (χ0v) is 14.0. The van der Waals surface area contributed by atoms with E-state index in [2.05, 4.69) is 16.7 Å². The minimum absolute atomic E-state index is 0.0322. The van der Waals surface area contributed by atoms with Crippen molar-refractivity contribution in [2.75, 3.05) is 0 Å². The molecule has 1 aromatic carbocycles. The van der Waals surface area contributed by atoms with Gasteiger partial charge in [-0.2, -0.15) is 0 Å². The first kappa shape index (κ1) is 15.8.